The van der Waals surface area contributed by atoms with Gasteiger partial charge in [0.2, 0.25) is 0 Å². The summed E-state index contributed by atoms with van der Waals surface area (Å²) in [6.07, 6.45) is 3.07. The van der Waals surface area contributed by atoms with Crippen molar-refractivity contribution in [2.45, 2.75) is 26.2 Å². The van der Waals surface area contributed by atoms with E-state index in [1.54, 1.807) is 18.2 Å². The van der Waals surface area contributed by atoms with Crippen molar-refractivity contribution in [3.05, 3.63) is 30.1 Å². The molecule has 0 saturated carbocycles. The number of Topliss-reactive ketones (excluding diaryl/α,β-unsaturated/α-hetero) is 1. The summed E-state index contributed by atoms with van der Waals surface area (Å²) >= 11 is 0. The molecule has 0 aromatic carbocycles. The summed E-state index contributed by atoms with van der Waals surface area (Å²) in [4.78, 5) is 26.6. The zero-order valence-corrected chi connectivity index (χ0v) is 9.31. The van der Waals surface area contributed by atoms with Gasteiger partial charge in [-0.15, -0.1) is 0 Å². The van der Waals surface area contributed by atoms with Gasteiger partial charge in [0, 0.05) is 6.20 Å². The third-order valence-electron chi connectivity index (χ3n) is 2.02. The van der Waals surface area contributed by atoms with Gasteiger partial charge in [-0.2, -0.15) is 0 Å². The number of carbonyl (C=O) groups is 2. The molecule has 0 amide bonds. The van der Waals surface area contributed by atoms with Crippen molar-refractivity contribution in [1.29, 1.82) is 0 Å². The van der Waals surface area contributed by atoms with Crippen molar-refractivity contribution < 1.29 is 14.3 Å². The zero-order valence-electron chi connectivity index (χ0n) is 9.31. The van der Waals surface area contributed by atoms with Crippen LogP contribution in [-0.4, -0.2) is 23.3 Å². The summed E-state index contributed by atoms with van der Waals surface area (Å²) in [5.41, 5.74) is 0.301. The van der Waals surface area contributed by atoms with E-state index < -0.39 is 5.97 Å². The van der Waals surface area contributed by atoms with E-state index in [-0.39, 0.29) is 12.2 Å². The maximum absolute atomic E-state index is 11.5. The van der Waals surface area contributed by atoms with Gasteiger partial charge in [-0.3, -0.25) is 14.6 Å². The highest BCUT2D eigenvalue weighted by Gasteiger charge is 2.13. The van der Waals surface area contributed by atoms with Crippen molar-refractivity contribution in [1.82, 2.24) is 4.98 Å². The van der Waals surface area contributed by atoms with Crippen molar-refractivity contribution in [2.75, 3.05) is 6.61 Å². The summed E-state index contributed by atoms with van der Waals surface area (Å²) in [5, 5.41) is 0. The number of esters is 1. The molecular weight excluding hydrogens is 206 g/mol. The zero-order chi connectivity index (χ0) is 11.8. The van der Waals surface area contributed by atoms with E-state index >= 15 is 0 Å². The highest BCUT2D eigenvalue weighted by atomic mass is 16.5. The Balaban J connectivity index is 2.37. The number of nitrogens with zero attached hydrogens (tertiary/aromatic N) is 1. The Hall–Kier alpha value is -1.71. The van der Waals surface area contributed by atoms with Gasteiger partial charge in [0.15, 0.2) is 5.78 Å². The van der Waals surface area contributed by atoms with E-state index in [1.807, 2.05) is 6.92 Å². The molecule has 0 aliphatic carbocycles. The Morgan fingerprint density at radius 2 is 2.19 bits per heavy atom. The number of ether oxygens (including phenoxy) is 1. The van der Waals surface area contributed by atoms with Gasteiger partial charge in [0.1, 0.15) is 12.1 Å². The second kappa shape index (κ2) is 6.71. The second-order valence-electron chi connectivity index (χ2n) is 3.39. The summed E-state index contributed by atoms with van der Waals surface area (Å²) in [6, 6.07) is 5.01. The van der Waals surface area contributed by atoms with E-state index in [4.69, 9.17) is 4.74 Å². The molecule has 0 unspecified atom stereocenters. The Bertz CT molecular complexity index is 349. The predicted octanol–water partition coefficient (Wildman–Crippen LogP) is 2.00. The van der Waals surface area contributed by atoms with Crippen LogP contribution in [0.5, 0.6) is 0 Å². The lowest BCUT2D eigenvalue weighted by atomic mass is 10.2. The van der Waals surface area contributed by atoms with Gasteiger partial charge in [-0.1, -0.05) is 19.4 Å². The molecule has 1 rings (SSSR count). The highest BCUT2D eigenvalue weighted by molar-refractivity contribution is 6.04. The molecule has 0 spiro atoms. The van der Waals surface area contributed by atoms with Crippen molar-refractivity contribution >= 4 is 11.8 Å². The van der Waals surface area contributed by atoms with Crippen LogP contribution in [0.2, 0.25) is 0 Å². The van der Waals surface area contributed by atoms with Crippen LogP contribution in [0, 0.1) is 0 Å². The topological polar surface area (TPSA) is 56.3 Å². The van der Waals surface area contributed by atoms with Crippen LogP contribution in [0.15, 0.2) is 24.4 Å². The molecule has 0 aliphatic rings. The lowest BCUT2D eigenvalue weighted by Gasteiger charge is -2.02. The van der Waals surface area contributed by atoms with Gasteiger partial charge in [0.05, 0.1) is 6.61 Å². The molecule has 4 heteroatoms. The maximum atomic E-state index is 11.5. The largest absolute Gasteiger partial charge is 0.465 e. The van der Waals surface area contributed by atoms with E-state index in [2.05, 4.69) is 4.98 Å². The average molecular weight is 221 g/mol. The average Bonchev–Trinajstić information content (AvgIpc) is 2.30. The first kappa shape index (κ1) is 12.4. The van der Waals surface area contributed by atoms with Crippen molar-refractivity contribution in [3.63, 3.8) is 0 Å². The summed E-state index contributed by atoms with van der Waals surface area (Å²) in [6.45, 7) is 2.39. The molecule has 4 nitrogen and oxygen atoms in total. The third kappa shape index (κ3) is 4.21. The molecule has 0 radical (unpaired) electrons. The SMILES string of the molecule is CCCCOC(=O)CC(=O)c1ccccn1. The fourth-order valence-electron chi connectivity index (χ4n) is 1.13. The number of ketones is 1. The molecule has 1 aromatic heterocycles. The molecule has 16 heavy (non-hydrogen) atoms. The van der Waals surface area contributed by atoms with Crippen LogP contribution >= 0.6 is 0 Å². The lowest BCUT2D eigenvalue weighted by molar-refractivity contribution is -0.142. The number of unbranched alkanes of at least 4 members (excludes halogenated alkanes) is 1. The van der Waals surface area contributed by atoms with E-state index in [0.29, 0.717) is 12.3 Å². The van der Waals surface area contributed by atoms with Crippen molar-refractivity contribution in [3.8, 4) is 0 Å². The molecule has 0 fully saturated rings. The highest BCUT2D eigenvalue weighted by Crippen LogP contribution is 2.01. The predicted molar refractivity (Wildman–Crippen MR) is 59.1 cm³/mol. The van der Waals surface area contributed by atoms with Crippen LogP contribution in [0.4, 0.5) is 0 Å². The standard InChI is InChI=1S/C12H15NO3/c1-2-3-8-16-12(15)9-11(14)10-6-4-5-7-13-10/h4-7H,2-3,8-9H2,1H3. The molecule has 0 bridgehead atoms. The number of hydrogen-bond acceptors (Lipinski definition) is 4. The molecule has 0 aliphatic heterocycles. The van der Waals surface area contributed by atoms with E-state index in [0.717, 1.165) is 12.8 Å². The summed E-state index contributed by atoms with van der Waals surface area (Å²) in [5.74, 6) is -0.786. The van der Waals surface area contributed by atoms with Crippen LogP contribution in [0.1, 0.15) is 36.7 Å². The van der Waals surface area contributed by atoms with Crippen LogP contribution in [0.3, 0.4) is 0 Å². The first-order valence-electron chi connectivity index (χ1n) is 5.34. The number of rotatable bonds is 6. The minimum Gasteiger partial charge on any atom is -0.465 e. The number of carbonyl (C=O) groups excluding carboxylic acids is 2. The molecule has 1 heterocycles. The lowest BCUT2D eigenvalue weighted by Crippen LogP contribution is -2.13. The van der Waals surface area contributed by atoms with Gasteiger partial charge in [-0.25, -0.2) is 0 Å². The first-order chi connectivity index (χ1) is 7.74. The fraction of sp³-hybridized carbons (Fsp3) is 0.417. The summed E-state index contributed by atoms with van der Waals surface area (Å²) in [7, 11) is 0. The minimum absolute atomic E-state index is 0.235. The van der Waals surface area contributed by atoms with Gasteiger partial charge >= 0.3 is 5.97 Å². The minimum atomic E-state index is -0.482. The Morgan fingerprint density at radius 1 is 1.38 bits per heavy atom. The van der Waals surface area contributed by atoms with Gasteiger partial charge in [0.25, 0.3) is 0 Å². The molecule has 0 atom stereocenters. The summed E-state index contributed by atoms with van der Waals surface area (Å²) < 4.78 is 4.89. The smallest absolute Gasteiger partial charge is 0.313 e. The normalized spacial score (nSPS) is 9.81. The maximum Gasteiger partial charge on any atom is 0.313 e. The van der Waals surface area contributed by atoms with Gasteiger partial charge in [-0.05, 0) is 18.6 Å². The molecule has 1 aromatic rings. The van der Waals surface area contributed by atoms with Crippen molar-refractivity contribution in [2.24, 2.45) is 0 Å². The van der Waals surface area contributed by atoms with Crippen LogP contribution in [0.25, 0.3) is 0 Å². The second-order valence-corrected chi connectivity index (χ2v) is 3.39. The van der Waals surface area contributed by atoms with Crippen LogP contribution < -0.4 is 0 Å². The van der Waals surface area contributed by atoms with E-state index in [1.165, 1.54) is 6.20 Å². The quantitative estimate of drug-likeness (QED) is 0.319. The Labute approximate surface area is 94.6 Å². The monoisotopic (exact) mass is 221 g/mol. The fourth-order valence-corrected chi connectivity index (χ4v) is 1.13. The number of aromatic nitrogens is 1. The van der Waals surface area contributed by atoms with Gasteiger partial charge < -0.3 is 4.74 Å². The van der Waals surface area contributed by atoms with E-state index in [9.17, 15) is 9.59 Å². The van der Waals surface area contributed by atoms with Crippen LogP contribution in [-0.2, 0) is 9.53 Å². The Morgan fingerprint density at radius 3 is 2.81 bits per heavy atom. The number of hydrogen-bond donors (Lipinski definition) is 0. The number of pyridine rings is 1. The molecule has 0 saturated heterocycles. The third-order valence-corrected chi connectivity index (χ3v) is 2.02. The molecule has 86 valence electrons. The molecule has 0 N–H and O–H groups in total. The first-order valence-corrected chi connectivity index (χ1v) is 5.34. The molecular formula is C12H15NO3. The Kier molecular flexibility index (Phi) is 5.19.